The van der Waals surface area contributed by atoms with Gasteiger partial charge in [-0.15, -0.1) is 5.10 Å². The zero-order valence-corrected chi connectivity index (χ0v) is 14.0. The molecule has 2 aromatic heterocycles. The number of nitrogens with zero attached hydrogens (tertiary/aromatic N) is 5. The summed E-state index contributed by atoms with van der Waals surface area (Å²) in [5.74, 6) is 1.40. The summed E-state index contributed by atoms with van der Waals surface area (Å²) in [7, 11) is 0. The fraction of sp³-hybridized carbons (Fsp3) is 0.267. The van der Waals surface area contributed by atoms with E-state index in [0.29, 0.717) is 23.3 Å². The molecule has 0 saturated heterocycles. The molecule has 0 atom stereocenters. The normalized spacial score (nSPS) is 10.9. The number of thioether (sulfide) groups is 1. The fourth-order valence-corrected chi connectivity index (χ4v) is 2.86. The Kier molecular flexibility index (Phi) is 4.61. The number of para-hydroxylation sites is 2. The molecule has 1 aromatic carbocycles. The summed E-state index contributed by atoms with van der Waals surface area (Å²) in [5.41, 5.74) is 1.82. The second-order valence-electron chi connectivity index (χ2n) is 5.07. The maximum absolute atomic E-state index is 10.9. The third kappa shape index (κ3) is 3.46. The molecule has 124 valence electrons. The van der Waals surface area contributed by atoms with Crippen molar-refractivity contribution in [1.82, 2.24) is 19.6 Å². The molecule has 0 amide bonds. The fourth-order valence-electron chi connectivity index (χ4n) is 2.22. The zero-order chi connectivity index (χ0) is 17.1. The van der Waals surface area contributed by atoms with Gasteiger partial charge in [0, 0.05) is 23.2 Å². The lowest BCUT2D eigenvalue weighted by atomic mass is 10.3. The van der Waals surface area contributed by atoms with E-state index in [1.807, 2.05) is 19.9 Å². The number of aryl methyl sites for hydroxylation is 2. The van der Waals surface area contributed by atoms with E-state index in [2.05, 4.69) is 15.1 Å². The van der Waals surface area contributed by atoms with E-state index in [1.165, 1.54) is 17.8 Å². The van der Waals surface area contributed by atoms with E-state index in [0.717, 1.165) is 11.4 Å². The molecular weight excluding hydrogens is 330 g/mol. The van der Waals surface area contributed by atoms with Crippen LogP contribution in [-0.2, 0) is 0 Å². The van der Waals surface area contributed by atoms with Crippen molar-refractivity contribution in [3.8, 4) is 5.75 Å². The van der Waals surface area contributed by atoms with Gasteiger partial charge < -0.3 is 4.74 Å². The van der Waals surface area contributed by atoms with Crippen molar-refractivity contribution < 1.29 is 9.66 Å². The van der Waals surface area contributed by atoms with Gasteiger partial charge in [-0.25, -0.2) is 9.50 Å². The molecule has 24 heavy (non-hydrogen) atoms. The van der Waals surface area contributed by atoms with Crippen LogP contribution in [0.3, 0.4) is 0 Å². The van der Waals surface area contributed by atoms with Crippen LogP contribution in [0, 0.1) is 24.0 Å². The summed E-state index contributed by atoms with van der Waals surface area (Å²) < 4.78 is 7.19. The average Bonchev–Trinajstić information content (AvgIpc) is 2.95. The highest BCUT2D eigenvalue weighted by molar-refractivity contribution is 7.99. The summed E-state index contributed by atoms with van der Waals surface area (Å²) in [6, 6.07) is 8.26. The summed E-state index contributed by atoms with van der Waals surface area (Å²) in [6.07, 6.45) is 0. The number of aromatic nitrogens is 4. The highest BCUT2D eigenvalue weighted by Gasteiger charge is 2.13. The predicted molar refractivity (Wildman–Crippen MR) is 89.6 cm³/mol. The largest absolute Gasteiger partial charge is 0.486 e. The van der Waals surface area contributed by atoms with Crippen molar-refractivity contribution in [3.05, 3.63) is 51.8 Å². The lowest BCUT2D eigenvalue weighted by Gasteiger charge is -2.05. The molecule has 0 radical (unpaired) electrons. The second-order valence-corrected chi connectivity index (χ2v) is 6.13. The lowest BCUT2D eigenvalue weighted by Crippen LogP contribution is -2.02. The highest BCUT2D eigenvalue weighted by atomic mass is 32.2. The van der Waals surface area contributed by atoms with Crippen LogP contribution < -0.4 is 4.74 Å². The first-order valence-corrected chi connectivity index (χ1v) is 8.23. The first-order chi connectivity index (χ1) is 11.5. The predicted octanol–water partition coefficient (Wildman–Crippen LogP) is 2.82. The molecule has 0 bridgehead atoms. The van der Waals surface area contributed by atoms with Gasteiger partial charge in [0.05, 0.1) is 11.5 Å². The van der Waals surface area contributed by atoms with Crippen LogP contribution in [0.1, 0.15) is 11.4 Å². The van der Waals surface area contributed by atoms with E-state index < -0.39 is 4.92 Å². The van der Waals surface area contributed by atoms with Crippen LogP contribution >= 0.6 is 11.8 Å². The van der Waals surface area contributed by atoms with Crippen molar-refractivity contribution in [2.24, 2.45) is 0 Å². The maximum Gasteiger partial charge on any atom is 0.310 e. The Hall–Kier alpha value is -2.68. The molecule has 8 nitrogen and oxygen atoms in total. The van der Waals surface area contributed by atoms with Gasteiger partial charge in [0.2, 0.25) is 5.16 Å². The van der Waals surface area contributed by atoms with Crippen LogP contribution in [-0.4, -0.2) is 36.9 Å². The minimum absolute atomic E-state index is 0.0383. The van der Waals surface area contributed by atoms with Gasteiger partial charge in [-0.3, -0.25) is 10.1 Å². The van der Waals surface area contributed by atoms with Crippen LogP contribution in [0.4, 0.5) is 5.69 Å². The van der Waals surface area contributed by atoms with Crippen molar-refractivity contribution in [2.45, 2.75) is 19.0 Å². The van der Waals surface area contributed by atoms with Crippen molar-refractivity contribution >= 4 is 23.2 Å². The van der Waals surface area contributed by atoms with Crippen LogP contribution in [0.2, 0.25) is 0 Å². The lowest BCUT2D eigenvalue weighted by molar-refractivity contribution is -0.385. The van der Waals surface area contributed by atoms with Gasteiger partial charge in [-0.05, 0) is 26.0 Å². The van der Waals surface area contributed by atoms with Gasteiger partial charge in [-0.2, -0.15) is 4.98 Å². The SMILES string of the molecule is Cc1cc(C)n2nc(SCCOc3ccccc3[N+](=O)[O-])nc2n1. The first kappa shape index (κ1) is 16.2. The number of nitro groups is 1. The smallest absolute Gasteiger partial charge is 0.310 e. The molecule has 0 spiro atoms. The van der Waals surface area contributed by atoms with Crippen LogP contribution in [0.5, 0.6) is 5.75 Å². The number of ether oxygens (including phenoxy) is 1. The van der Waals surface area contributed by atoms with E-state index in [4.69, 9.17) is 4.74 Å². The number of hydrogen-bond acceptors (Lipinski definition) is 7. The Morgan fingerprint density at radius 2 is 2.08 bits per heavy atom. The average molecular weight is 345 g/mol. The Morgan fingerprint density at radius 3 is 2.88 bits per heavy atom. The Morgan fingerprint density at radius 1 is 1.29 bits per heavy atom. The molecular formula is C15H15N5O3S. The van der Waals surface area contributed by atoms with Gasteiger partial charge in [0.1, 0.15) is 0 Å². The number of hydrogen-bond donors (Lipinski definition) is 0. The number of benzene rings is 1. The minimum Gasteiger partial charge on any atom is -0.486 e. The van der Waals surface area contributed by atoms with Crippen LogP contribution in [0.25, 0.3) is 5.78 Å². The number of rotatable bonds is 6. The monoisotopic (exact) mass is 345 g/mol. The second kappa shape index (κ2) is 6.83. The Balaban J connectivity index is 1.61. The number of fused-ring (bicyclic) bond motifs is 1. The third-order valence-electron chi connectivity index (χ3n) is 3.23. The summed E-state index contributed by atoms with van der Waals surface area (Å²) in [6.45, 7) is 4.17. The molecule has 2 heterocycles. The van der Waals surface area contributed by atoms with Gasteiger partial charge >= 0.3 is 5.69 Å². The summed E-state index contributed by atoms with van der Waals surface area (Å²) >= 11 is 1.42. The summed E-state index contributed by atoms with van der Waals surface area (Å²) in [5, 5.41) is 15.9. The zero-order valence-electron chi connectivity index (χ0n) is 13.2. The Bertz CT molecular complexity index is 896. The third-order valence-corrected chi connectivity index (χ3v) is 4.03. The molecule has 0 unspecified atom stereocenters. The molecule has 0 N–H and O–H groups in total. The van der Waals surface area contributed by atoms with Crippen molar-refractivity contribution in [1.29, 1.82) is 0 Å². The highest BCUT2D eigenvalue weighted by Crippen LogP contribution is 2.26. The molecule has 9 heteroatoms. The number of nitro benzene ring substituents is 1. The maximum atomic E-state index is 10.9. The van der Waals surface area contributed by atoms with E-state index >= 15 is 0 Å². The first-order valence-electron chi connectivity index (χ1n) is 7.24. The molecule has 0 saturated carbocycles. The molecule has 0 fully saturated rings. The van der Waals surface area contributed by atoms with Crippen LogP contribution in [0.15, 0.2) is 35.5 Å². The Labute approximate surface area is 142 Å². The van der Waals surface area contributed by atoms with E-state index in [-0.39, 0.29) is 11.4 Å². The van der Waals surface area contributed by atoms with E-state index in [1.54, 1.807) is 22.7 Å². The minimum atomic E-state index is -0.455. The molecule has 0 aliphatic rings. The van der Waals surface area contributed by atoms with Gasteiger partial charge in [0.15, 0.2) is 5.75 Å². The van der Waals surface area contributed by atoms with E-state index in [9.17, 15) is 10.1 Å². The molecule has 0 aliphatic carbocycles. The molecule has 3 aromatic rings. The van der Waals surface area contributed by atoms with Crippen molar-refractivity contribution in [2.75, 3.05) is 12.4 Å². The quantitative estimate of drug-likeness (QED) is 0.293. The van der Waals surface area contributed by atoms with Gasteiger partial charge in [-0.1, -0.05) is 23.9 Å². The topological polar surface area (TPSA) is 95.5 Å². The summed E-state index contributed by atoms with van der Waals surface area (Å²) in [4.78, 5) is 19.2. The molecule has 0 aliphatic heterocycles. The van der Waals surface area contributed by atoms with Crippen molar-refractivity contribution in [3.63, 3.8) is 0 Å². The standard InChI is InChI=1S/C15H15N5O3S/c1-10-9-11(2)19-14(16-10)17-15(18-19)24-8-7-23-13-6-4-3-5-12(13)20(21)22/h3-6,9H,7-8H2,1-2H3. The van der Waals surface area contributed by atoms with Gasteiger partial charge in [0.25, 0.3) is 5.78 Å². The molecule has 3 rings (SSSR count).